The van der Waals surface area contributed by atoms with Crippen LogP contribution in [0.4, 0.5) is 0 Å². The van der Waals surface area contributed by atoms with E-state index in [0.29, 0.717) is 18.0 Å². The number of carbonyl (C=O) groups is 2. The number of benzene rings is 3. The lowest BCUT2D eigenvalue weighted by atomic mass is 10.0. The van der Waals surface area contributed by atoms with Gasteiger partial charge in [0.15, 0.2) is 0 Å². The van der Waals surface area contributed by atoms with E-state index in [-0.39, 0.29) is 17.6 Å². The van der Waals surface area contributed by atoms with Crippen molar-refractivity contribution in [2.45, 2.75) is 50.2 Å². The topological polar surface area (TPSA) is 49.4 Å². The first-order valence-corrected chi connectivity index (χ1v) is 12.7. The minimum atomic E-state index is -0.663. The average Bonchev–Trinajstić information content (AvgIpc) is 2.80. The molecule has 0 saturated carbocycles. The molecule has 0 fully saturated rings. The lowest BCUT2D eigenvalue weighted by molar-refractivity contribution is -0.140. The molecular formula is C28H31ClN2O2S. The highest BCUT2D eigenvalue weighted by atomic mass is 35.5. The molecule has 6 heteroatoms. The Balaban J connectivity index is 1.92. The summed E-state index contributed by atoms with van der Waals surface area (Å²) in [4.78, 5) is 29.8. The van der Waals surface area contributed by atoms with Crippen LogP contribution in [0, 0.1) is 0 Å². The van der Waals surface area contributed by atoms with Crippen LogP contribution in [0.25, 0.3) is 0 Å². The van der Waals surface area contributed by atoms with Gasteiger partial charge in [-0.2, -0.15) is 0 Å². The number of halogens is 1. The maximum Gasteiger partial charge on any atom is 0.243 e. The normalized spacial score (nSPS) is 12.1. The average molecular weight is 495 g/mol. The summed E-state index contributed by atoms with van der Waals surface area (Å²) >= 11 is 7.69. The van der Waals surface area contributed by atoms with Gasteiger partial charge in [0.05, 0.1) is 5.75 Å². The van der Waals surface area contributed by atoms with Crippen LogP contribution < -0.4 is 5.32 Å². The first-order valence-electron chi connectivity index (χ1n) is 11.3. The minimum absolute atomic E-state index is 0.0983. The number of thioether (sulfide) groups is 1. The molecule has 3 rings (SSSR count). The van der Waals surface area contributed by atoms with Gasteiger partial charge in [-0.3, -0.25) is 9.59 Å². The summed E-state index contributed by atoms with van der Waals surface area (Å²) in [6.07, 6.45) is 0.422. The van der Waals surface area contributed by atoms with Crippen molar-refractivity contribution in [1.29, 1.82) is 0 Å². The molecule has 3 aromatic rings. The van der Waals surface area contributed by atoms with Crippen LogP contribution >= 0.6 is 23.4 Å². The maximum absolute atomic E-state index is 13.6. The highest BCUT2D eigenvalue weighted by Gasteiger charge is 2.32. The van der Waals surface area contributed by atoms with Crippen LogP contribution in [0.5, 0.6) is 0 Å². The summed E-state index contributed by atoms with van der Waals surface area (Å²) < 4.78 is 0. The van der Waals surface area contributed by atoms with Gasteiger partial charge < -0.3 is 10.2 Å². The fourth-order valence-corrected chi connectivity index (χ4v) is 4.60. The molecule has 3 aromatic carbocycles. The number of nitrogens with one attached hydrogen (secondary N) is 1. The van der Waals surface area contributed by atoms with Crippen LogP contribution in [-0.2, 0) is 22.6 Å². The van der Waals surface area contributed by atoms with Crippen molar-refractivity contribution in [2.75, 3.05) is 5.75 Å². The minimum Gasteiger partial charge on any atom is -0.350 e. The molecule has 178 valence electrons. The second-order valence-electron chi connectivity index (χ2n) is 9.20. The second-order valence-corrected chi connectivity index (χ2v) is 10.7. The highest BCUT2D eigenvalue weighted by molar-refractivity contribution is 8.00. The van der Waals surface area contributed by atoms with Crippen LogP contribution in [0.15, 0.2) is 89.8 Å². The first kappa shape index (κ1) is 25.9. The molecule has 0 aliphatic heterocycles. The van der Waals surface area contributed by atoms with Gasteiger partial charge in [-0.25, -0.2) is 0 Å². The molecule has 1 N–H and O–H groups in total. The Kier molecular flexibility index (Phi) is 9.20. The number of rotatable bonds is 9. The molecule has 1 atom stereocenters. The van der Waals surface area contributed by atoms with E-state index in [1.54, 1.807) is 11.0 Å². The van der Waals surface area contributed by atoms with Crippen molar-refractivity contribution < 1.29 is 9.59 Å². The van der Waals surface area contributed by atoms with Gasteiger partial charge in [0, 0.05) is 28.4 Å². The second kappa shape index (κ2) is 12.1. The highest BCUT2D eigenvalue weighted by Crippen LogP contribution is 2.22. The number of hydrogen-bond acceptors (Lipinski definition) is 3. The van der Waals surface area contributed by atoms with E-state index in [4.69, 9.17) is 11.6 Å². The molecule has 2 amide bonds. The molecule has 0 saturated heterocycles. The van der Waals surface area contributed by atoms with Crippen LogP contribution in [0.1, 0.15) is 31.9 Å². The Bertz CT molecular complexity index is 1080. The van der Waals surface area contributed by atoms with Gasteiger partial charge in [0.2, 0.25) is 11.8 Å². The molecule has 0 aliphatic carbocycles. The third kappa shape index (κ3) is 8.23. The van der Waals surface area contributed by atoms with Crippen molar-refractivity contribution in [3.8, 4) is 0 Å². The Morgan fingerprint density at radius 1 is 0.912 bits per heavy atom. The Labute approximate surface area is 211 Å². The van der Waals surface area contributed by atoms with E-state index >= 15 is 0 Å². The van der Waals surface area contributed by atoms with Crippen molar-refractivity contribution in [2.24, 2.45) is 0 Å². The summed E-state index contributed by atoms with van der Waals surface area (Å²) in [6.45, 7) is 6.13. The predicted octanol–water partition coefficient (Wildman–Crippen LogP) is 5.99. The maximum atomic E-state index is 13.6. The summed E-state index contributed by atoms with van der Waals surface area (Å²) in [6, 6.07) is 26.4. The number of amides is 2. The standard InChI is InChI=1S/C28H31ClN2O2S/c1-28(2,3)30-27(33)25(18-21-11-6-4-7-12-21)31(19-22-13-10-14-23(29)17-22)26(32)20-34-24-15-8-5-9-16-24/h4-17,25H,18-20H2,1-3H3,(H,30,33)/t25-/m1/s1. The quantitative estimate of drug-likeness (QED) is 0.372. The van der Waals surface area contributed by atoms with E-state index in [0.717, 1.165) is 16.0 Å². The van der Waals surface area contributed by atoms with E-state index < -0.39 is 11.6 Å². The lowest BCUT2D eigenvalue weighted by Crippen LogP contribution is -2.54. The third-order valence-electron chi connectivity index (χ3n) is 5.12. The molecule has 0 aliphatic rings. The zero-order chi connectivity index (χ0) is 24.6. The number of nitrogens with zero attached hydrogens (tertiary/aromatic N) is 1. The van der Waals surface area contributed by atoms with Crippen molar-refractivity contribution in [3.05, 3.63) is 101 Å². The summed E-state index contributed by atoms with van der Waals surface area (Å²) in [5, 5.41) is 3.68. The summed E-state index contributed by atoms with van der Waals surface area (Å²) in [7, 11) is 0. The van der Waals surface area contributed by atoms with E-state index in [2.05, 4.69) is 5.32 Å². The molecule has 4 nitrogen and oxygen atoms in total. The van der Waals surface area contributed by atoms with Gasteiger partial charge >= 0.3 is 0 Å². The smallest absolute Gasteiger partial charge is 0.243 e. The molecule has 0 bridgehead atoms. The summed E-state index contributed by atoms with van der Waals surface area (Å²) in [5.41, 5.74) is 1.46. The van der Waals surface area contributed by atoms with Crippen LogP contribution in [0.2, 0.25) is 5.02 Å². The van der Waals surface area contributed by atoms with Crippen molar-refractivity contribution >= 4 is 35.2 Å². The Morgan fingerprint density at radius 3 is 2.15 bits per heavy atom. The molecule has 34 heavy (non-hydrogen) atoms. The van der Waals surface area contributed by atoms with Crippen molar-refractivity contribution in [1.82, 2.24) is 10.2 Å². The fourth-order valence-electron chi connectivity index (χ4n) is 3.58. The van der Waals surface area contributed by atoms with Crippen LogP contribution in [-0.4, -0.2) is 34.0 Å². The SMILES string of the molecule is CC(C)(C)NC(=O)[C@@H](Cc1ccccc1)N(Cc1cccc(Cl)c1)C(=O)CSc1ccccc1. The largest absolute Gasteiger partial charge is 0.350 e. The first-order chi connectivity index (χ1) is 16.2. The number of hydrogen-bond donors (Lipinski definition) is 1. The van der Waals surface area contributed by atoms with E-state index in [1.807, 2.05) is 99.6 Å². The van der Waals surface area contributed by atoms with Gasteiger partial charge in [-0.15, -0.1) is 11.8 Å². The monoisotopic (exact) mass is 494 g/mol. The van der Waals surface area contributed by atoms with E-state index in [9.17, 15) is 9.59 Å². The van der Waals surface area contributed by atoms with Crippen LogP contribution in [0.3, 0.4) is 0 Å². The zero-order valence-electron chi connectivity index (χ0n) is 19.8. The van der Waals surface area contributed by atoms with E-state index in [1.165, 1.54) is 11.8 Å². The molecule has 0 unspecified atom stereocenters. The molecule has 0 radical (unpaired) electrons. The van der Waals surface area contributed by atoms with Crippen molar-refractivity contribution in [3.63, 3.8) is 0 Å². The fraction of sp³-hybridized carbons (Fsp3) is 0.286. The zero-order valence-corrected chi connectivity index (χ0v) is 21.4. The van der Waals surface area contributed by atoms with Gasteiger partial charge in [-0.05, 0) is 56.2 Å². The van der Waals surface area contributed by atoms with Gasteiger partial charge in [0.25, 0.3) is 0 Å². The third-order valence-corrected chi connectivity index (χ3v) is 6.35. The Hall–Kier alpha value is -2.76. The summed E-state index contributed by atoms with van der Waals surface area (Å²) in [5.74, 6) is -0.0335. The Morgan fingerprint density at radius 2 is 1.53 bits per heavy atom. The lowest BCUT2D eigenvalue weighted by Gasteiger charge is -2.34. The molecule has 0 heterocycles. The van der Waals surface area contributed by atoms with Gasteiger partial charge in [-0.1, -0.05) is 72.3 Å². The number of carbonyl (C=O) groups excluding carboxylic acids is 2. The van der Waals surface area contributed by atoms with Gasteiger partial charge in [0.1, 0.15) is 6.04 Å². The molecule has 0 spiro atoms. The predicted molar refractivity (Wildman–Crippen MR) is 141 cm³/mol. The molecular weight excluding hydrogens is 464 g/mol. The molecule has 0 aromatic heterocycles.